The van der Waals surface area contributed by atoms with E-state index in [1.807, 2.05) is 0 Å². The maximum Gasteiger partial charge on any atom is 0.140 e. The van der Waals surface area contributed by atoms with Gasteiger partial charge in [-0.25, -0.2) is 0 Å². The number of rotatable bonds is 0. The highest BCUT2D eigenvalue weighted by Crippen LogP contribution is 2.14. The molecule has 0 aliphatic rings. The fourth-order valence-corrected chi connectivity index (χ4v) is 1.76. The van der Waals surface area contributed by atoms with Gasteiger partial charge in [-0.2, -0.15) is 0 Å². The zero-order valence-corrected chi connectivity index (χ0v) is 6.59. The highest BCUT2D eigenvalue weighted by atomic mass is 35.5. The molecule has 0 fully saturated rings. The van der Waals surface area contributed by atoms with Gasteiger partial charge in [-0.05, 0) is 23.5 Å². The van der Waals surface area contributed by atoms with Crippen molar-refractivity contribution >= 4 is 10.5 Å². The molecule has 0 aliphatic heterocycles. The fourth-order valence-electron chi connectivity index (χ4n) is 0.586. The molecule has 1 aromatic rings. The largest absolute Gasteiger partial charge is 1.00 e. The van der Waals surface area contributed by atoms with Gasteiger partial charge in [0.1, 0.15) is 17.0 Å². The summed E-state index contributed by atoms with van der Waals surface area (Å²) in [6.45, 7) is 2.13. The molecule has 2 heteroatoms. The number of hydrogen-bond acceptors (Lipinski definition) is 0. The SMILES string of the molecule is Cc1cc[s+](C)c1.[Cl-]. The van der Waals surface area contributed by atoms with Crippen molar-refractivity contribution in [3.63, 3.8) is 0 Å². The Kier molecular flexibility index (Phi) is 3.10. The van der Waals surface area contributed by atoms with Gasteiger partial charge in [0.05, 0.1) is 0 Å². The van der Waals surface area contributed by atoms with Crippen molar-refractivity contribution in [2.75, 3.05) is 0 Å². The number of aryl methyl sites for hydroxylation is 2. The van der Waals surface area contributed by atoms with Crippen molar-refractivity contribution in [2.24, 2.45) is 6.26 Å². The minimum absolute atomic E-state index is 0. The first-order valence-corrected chi connectivity index (χ1v) is 4.05. The van der Waals surface area contributed by atoms with Gasteiger partial charge in [0.25, 0.3) is 0 Å². The van der Waals surface area contributed by atoms with E-state index in [1.54, 1.807) is 0 Å². The molecule has 0 bridgehead atoms. The van der Waals surface area contributed by atoms with Crippen LogP contribution in [0.15, 0.2) is 16.8 Å². The normalized spacial score (nSPS) is 10.5. The molecule has 0 saturated heterocycles. The van der Waals surface area contributed by atoms with Crippen LogP contribution in [-0.4, -0.2) is 0 Å². The topological polar surface area (TPSA) is 0 Å². The molecular formula is C6H9ClS. The van der Waals surface area contributed by atoms with Gasteiger partial charge in [-0.3, -0.25) is 0 Å². The lowest BCUT2D eigenvalue weighted by Crippen LogP contribution is -3.00. The van der Waals surface area contributed by atoms with E-state index < -0.39 is 0 Å². The average Bonchev–Trinajstić information content (AvgIpc) is 1.87. The van der Waals surface area contributed by atoms with E-state index in [0.717, 1.165) is 0 Å². The standard InChI is InChI=1S/C6H9S.ClH/c1-6-3-4-7(2)5-6;/h3-5H,1-2H3;1H/q+1;/p-1. The predicted octanol–water partition coefficient (Wildman–Crippen LogP) is -0.715. The molecule has 0 aliphatic carbocycles. The Labute approximate surface area is 58.9 Å². The molecule has 1 unspecified atom stereocenters. The van der Waals surface area contributed by atoms with Crippen LogP contribution in [0.25, 0.3) is 0 Å². The minimum Gasteiger partial charge on any atom is -1.00 e. The summed E-state index contributed by atoms with van der Waals surface area (Å²) in [5.74, 6) is 0. The monoisotopic (exact) mass is 148 g/mol. The summed E-state index contributed by atoms with van der Waals surface area (Å²) in [7, 11) is 0.454. The van der Waals surface area contributed by atoms with Crippen LogP contribution in [0.1, 0.15) is 5.56 Å². The number of halogens is 1. The third kappa shape index (κ3) is 1.85. The number of thiophene rings is 1. The van der Waals surface area contributed by atoms with Crippen molar-refractivity contribution in [3.8, 4) is 0 Å². The van der Waals surface area contributed by atoms with E-state index in [0.29, 0.717) is 10.5 Å². The van der Waals surface area contributed by atoms with Gasteiger partial charge in [-0.1, -0.05) is 0 Å². The van der Waals surface area contributed by atoms with Crippen LogP contribution < -0.4 is 12.4 Å². The van der Waals surface area contributed by atoms with Gasteiger partial charge in [0.15, 0.2) is 0 Å². The van der Waals surface area contributed by atoms with Gasteiger partial charge in [0, 0.05) is 5.56 Å². The molecule has 0 N–H and O–H groups in total. The van der Waals surface area contributed by atoms with Crippen LogP contribution in [0.3, 0.4) is 0 Å². The molecule has 0 radical (unpaired) electrons. The maximum atomic E-state index is 2.28. The molecule has 0 amide bonds. The summed E-state index contributed by atoms with van der Waals surface area (Å²) in [6, 6.07) is 2.17. The second kappa shape index (κ2) is 3.10. The minimum atomic E-state index is 0. The van der Waals surface area contributed by atoms with Crippen LogP contribution in [-0.2, 0) is 6.26 Å². The van der Waals surface area contributed by atoms with Gasteiger partial charge in [0.2, 0.25) is 0 Å². The predicted molar refractivity (Wildman–Crippen MR) is 34.6 cm³/mol. The highest BCUT2D eigenvalue weighted by molar-refractivity contribution is 7.26. The lowest BCUT2D eigenvalue weighted by atomic mass is 10.4. The van der Waals surface area contributed by atoms with Crippen LogP contribution in [0.5, 0.6) is 0 Å². The second-order valence-electron chi connectivity index (χ2n) is 1.77. The molecule has 1 heterocycles. The Balaban J connectivity index is 0.000000490. The summed E-state index contributed by atoms with van der Waals surface area (Å²) < 4.78 is 0. The Morgan fingerprint density at radius 1 is 1.50 bits per heavy atom. The van der Waals surface area contributed by atoms with Crippen molar-refractivity contribution in [1.29, 1.82) is 0 Å². The smallest absolute Gasteiger partial charge is 0.140 e. The molecule has 8 heavy (non-hydrogen) atoms. The third-order valence-electron chi connectivity index (χ3n) is 0.917. The van der Waals surface area contributed by atoms with Crippen molar-refractivity contribution < 1.29 is 12.4 Å². The zero-order valence-electron chi connectivity index (χ0n) is 5.02. The molecular weight excluding hydrogens is 140 g/mol. The summed E-state index contributed by atoms with van der Waals surface area (Å²) in [5.41, 5.74) is 1.41. The molecule has 1 aromatic heterocycles. The molecule has 1 rings (SSSR count). The first-order valence-electron chi connectivity index (χ1n) is 2.29. The van der Waals surface area contributed by atoms with Gasteiger partial charge in [-0.15, -0.1) is 0 Å². The van der Waals surface area contributed by atoms with Crippen molar-refractivity contribution in [1.82, 2.24) is 0 Å². The van der Waals surface area contributed by atoms with E-state index in [2.05, 4.69) is 30.0 Å². The molecule has 0 aromatic carbocycles. The van der Waals surface area contributed by atoms with E-state index >= 15 is 0 Å². The Morgan fingerprint density at radius 2 is 2.12 bits per heavy atom. The van der Waals surface area contributed by atoms with Crippen LogP contribution in [0, 0.1) is 6.92 Å². The Bertz CT molecular complexity index is 141. The average molecular weight is 149 g/mol. The van der Waals surface area contributed by atoms with E-state index in [1.165, 1.54) is 5.56 Å². The lowest BCUT2D eigenvalue weighted by Gasteiger charge is -1.63. The van der Waals surface area contributed by atoms with E-state index in [-0.39, 0.29) is 12.4 Å². The Morgan fingerprint density at radius 3 is 2.25 bits per heavy atom. The van der Waals surface area contributed by atoms with E-state index in [4.69, 9.17) is 0 Å². The van der Waals surface area contributed by atoms with Crippen molar-refractivity contribution in [3.05, 3.63) is 22.4 Å². The summed E-state index contributed by atoms with van der Waals surface area (Å²) in [4.78, 5) is 0. The van der Waals surface area contributed by atoms with Crippen molar-refractivity contribution in [2.45, 2.75) is 6.92 Å². The first-order chi connectivity index (χ1) is 3.29. The third-order valence-corrected chi connectivity index (χ3v) is 2.23. The molecule has 0 spiro atoms. The summed E-state index contributed by atoms with van der Waals surface area (Å²) in [5, 5.41) is 4.51. The highest BCUT2D eigenvalue weighted by Gasteiger charge is 1.92. The van der Waals surface area contributed by atoms with Gasteiger partial charge >= 0.3 is 0 Å². The van der Waals surface area contributed by atoms with Gasteiger partial charge < -0.3 is 12.4 Å². The zero-order chi connectivity index (χ0) is 5.28. The molecule has 1 atom stereocenters. The Hall–Kier alpha value is -0.0100. The van der Waals surface area contributed by atoms with Crippen LogP contribution in [0.4, 0.5) is 0 Å². The summed E-state index contributed by atoms with van der Waals surface area (Å²) in [6.07, 6.45) is 2.22. The maximum absolute atomic E-state index is 2.28. The second-order valence-corrected chi connectivity index (χ2v) is 3.49. The van der Waals surface area contributed by atoms with Crippen LogP contribution >= 0.6 is 10.5 Å². The van der Waals surface area contributed by atoms with E-state index in [9.17, 15) is 0 Å². The fraction of sp³-hybridized carbons (Fsp3) is 0.333. The number of hydrogen-bond donors (Lipinski definition) is 0. The molecule has 46 valence electrons. The molecule has 0 nitrogen and oxygen atoms in total. The molecule has 0 saturated carbocycles. The quantitative estimate of drug-likeness (QED) is 0.427. The first kappa shape index (κ1) is 7.99. The summed E-state index contributed by atoms with van der Waals surface area (Å²) >= 11 is 0. The lowest BCUT2D eigenvalue weighted by molar-refractivity contribution is -0.00000161. The van der Waals surface area contributed by atoms with Crippen LogP contribution in [0.2, 0.25) is 0 Å².